The molecule has 2 nitrogen and oxygen atoms in total. The van der Waals surface area contributed by atoms with Gasteiger partial charge in [-0.3, -0.25) is 0 Å². The molecule has 1 aliphatic heterocycles. The Bertz CT molecular complexity index is 495. The zero-order valence-corrected chi connectivity index (χ0v) is 11.4. The van der Waals surface area contributed by atoms with Crippen molar-refractivity contribution >= 4 is 0 Å². The number of ether oxygens (including phenoxy) is 1. The number of morpholine rings is 1. The molecule has 118 valence electrons. The SMILES string of the molecule is CC(F)(CC1COCCN1)c1ccc(C(F)(F)F)c(F)c1. The number of hydrogen-bond donors (Lipinski definition) is 1. The Balaban J connectivity index is 2.17. The lowest BCUT2D eigenvalue weighted by atomic mass is 9.90. The van der Waals surface area contributed by atoms with E-state index < -0.39 is 23.2 Å². The van der Waals surface area contributed by atoms with E-state index in [1.807, 2.05) is 0 Å². The minimum Gasteiger partial charge on any atom is -0.379 e. The predicted molar refractivity (Wildman–Crippen MR) is 67.1 cm³/mol. The summed E-state index contributed by atoms with van der Waals surface area (Å²) in [5.74, 6) is -1.46. The number of hydrogen-bond acceptors (Lipinski definition) is 2. The van der Waals surface area contributed by atoms with Gasteiger partial charge in [0.2, 0.25) is 0 Å². The van der Waals surface area contributed by atoms with Crippen molar-refractivity contribution in [3.05, 3.63) is 35.1 Å². The summed E-state index contributed by atoms with van der Waals surface area (Å²) in [6.45, 7) is 2.67. The first-order valence-electron chi connectivity index (χ1n) is 6.57. The van der Waals surface area contributed by atoms with Gasteiger partial charge in [0.25, 0.3) is 0 Å². The summed E-state index contributed by atoms with van der Waals surface area (Å²) in [5, 5.41) is 3.06. The van der Waals surface area contributed by atoms with E-state index in [1.165, 1.54) is 6.92 Å². The zero-order chi connectivity index (χ0) is 15.7. The number of rotatable bonds is 3. The van der Waals surface area contributed by atoms with Crippen molar-refractivity contribution in [3.63, 3.8) is 0 Å². The Morgan fingerprint density at radius 3 is 2.52 bits per heavy atom. The molecule has 1 saturated heterocycles. The second kappa shape index (κ2) is 5.88. The van der Waals surface area contributed by atoms with Gasteiger partial charge in [-0.15, -0.1) is 0 Å². The highest BCUT2D eigenvalue weighted by Crippen LogP contribution is 2.36. The monoisotopic (exact) mass is 309 g/mol. The molecule has 1 heterocycles. The number of halogens is 5. The van der Waals surface area contributed by atoms with Gasteiger partial charge < -0.3 is 10.1 Å². The molecular weight excluding hydrogens is 293 g/mol. The number of nitrogens with one attached hydrogen (secondary N) is 1. The first kappa shape index (κ1) is 16.2. The number of alkyl halides is 4. The van der Waals surface area contributed by atoms with Crippen LogP contribution in [0.1, 0.15) is 24.5 Å². The van der Waals surface area contributed by atoms with Crippen LogP contribution in [0.3, 0.4) is 0 Å². The summed E-state index contributed by atoms with van der Waals surface area (Å²) in [6, 6.07) is 1.93. The van der Waals surface area contributed by atoms with Gasteiger partial charge in [-0.25, -0.2) is 8.78 Å². The van der Waals surface area contributed by atoms with Crippen molar-refractivity contribution in [3.8, 4) is 0 Å². The van der Waals surface area contributed by atoms with Crippen LogP contribution in [0.4, 0.5) is 22.0 Å². The molecule has 1 aromatic carbocycles. The molecule has 2 rings (SSSR count). The van der Waals surface area contributed by atoms with Crippen molar-refractivity contribution in [2.75, 3.05) is 19.8 Å². The summed E-state index contributed by atoms with van der Waals surface area (Å²) in [5.41, 5.74) is -3.44. The molecule has 0 bridgehead atoms. The Morgan fingerprint density at radius 1 is 1.29 bits per heavy atom. The van der Waals surface area contributed by atoms with Crippen LogP contribution in [0.5, 0.6) is 0 Å². The minimum atomic E-state index is -4.78. The van der Waals surface area contributed by atoms with E-state index in [0.29, 0.717) is 31.9 Å². The fraction of sp³-hybridized carbons (Fsp3) is 0.571. The maximum Gasteiger partial charge on any atom is 0.419 e. The molecule has 2 atom stereocenters. The van der Waals surface area contributed by atoms with Gasteiger partial charge in [0, 0.05) is 19.0 Å². The van der Waals surface area contributed by atoms with E-state index in [1.54, 1.807) is 0 Å². The molecule has 1 fully saturated rings. The molecule has 0 saturated carbocycles. The number of benzene rings is 1. The second-order valence-corrected chi connectivity index (χ2v) is 5.32. The molecule has 0 aromatic heterocycles. The van der Waals surface area contributed by atoms with E-state index in [-0.39, 0.29) is 18.0 Å². The maximum absolute atomic E-state index is 14.7. The Kier molecular flexibility index (Phi) is 4.53. The van der Waals surface area contributed by atoms with Crippen molar-refractivity contribution in [1.29, 1.82) is 0 Å². The van der Waals surface area contributed by atoms with Gasteiger partial charge >= 0.3 is 6.18 Å². The topological polar surface area (TPSA) is 21.3 Å². The average Bonchev–Trinajstić information content (AvgIpc) is 2.37. The predicted octanol–water partition coefficient (Wildman–Crippen LogP) is 3.41. The zero-order valence-electron chi connectivity index (χ0n) is 11.4. The summed E-state index contributed by atoms with van der Waals surface area (Å²) in [7, 11) is 0. The molecule has 1 aromatic rings. The molecular formula is C14H16F5NO. The minimum absolute atomic E-state index is 0.00218. The van der Waals surface area contributed by atoms with E-state index in [0.717, 1.165) is 6.07 Å². The van der Waals surface area contributed by atoms with Crippen LogP contribution < -0.4 is 5.32 Å². The summed E-state index contributed by atoms with van der Waals surface area (Å²) >= 11 is 0. The van der Waals surface area contributed by atoms with Crippen molar-refractivity contribution in [2.45, 2.75) is 31.2 Å². The van der Waals surface area contributed by atoms with Crippen LogP contribution in [0.25, 0.3) is 0 Å². The van der Waals surface area contributed by atoms with E-state index >= 15 is 0 Å². The molecule has 0 amide bonds. The van der Waals surface area contributed by atoms with Crippen molar-refractivity contribution in [2.24, 2.45) is 0 Å². The fourth-order valence-corrected chi connectivity index (χ4v) is 2.40. The van der Waals surface area contributed by atoms with Gasteiger partial charge in [0.15, 0.2) is 0 Å². The Morgan fingerprint density at radius 2 is 2.00 bits per heavy atom. The average molecular weight is 309 g/mol. The highest BCUT2D eigenvalue weighted by atomic mass is 19.4. The van der Waals surface area contributed by atoms with Crippen LogP contribution in [-0.2, 0) is 16.6 Å². The Hall–Kier alpha value is -1.21. The van der Waals surface area contributed by atoms with Gasteiger partial charge in [-0.1, -0.05) is 6.07 Å². The first-order valence-corrected chi connectivity index (χ1v) is 6.57. The summed E-state index contributed by atoms with van der Waals surface area (Å²) in [4.78, 5) is 0. The third-order valence-electron chi connectivity index (χ3n) is 3.50. The van der Waals surface area contributed by atoms with Crippen LogP contribution in [0.2, 0.25) is 0 Å². The van der Waals surface area contributed by atoms with E-state index in [9.17, 15) is 22.0 Å². The molecule has 0 radical (unpaired) electrons. The third-order valence-corrected chi connectivity index (χ3v) is 3.50. The van der Waals surface area contributed by atoms with Crippen LogP contribution in [-0.4, -0.2) is 25.8 Å². The maximum atomic E-state index is 14.7. The molecule has 7 heteroatoms. The Labute approximate surface area is 119 Å². The van der Waals surface area contributed by atoms with E-state index in [2.05, 4.69) is 5.32 Å². The van der Waals surface area contributed by atoms with Gasteiger partial charge in [-0.2, -0.15) is 13.2 Å². The molecule has 0 spiro atoms. The normalized spacial score (nSPS) is 22.9. The van der Waals surface area contributed by atoms with Crippen LogP contribution in [0.15, 0.2) is 18.2 Å². The standard InChI is InChI=1S/C14H16F5NO/c1-13(16,7-10-8-21-5-4-20-10)9-2-3-11(12(15)6-9)14(17,18)19/h2-3,6,10,20H,4-5,7-8H2,1H3. The molecule has 1 N–H and O–H groups in total. The van der Waals surface area contributed by atoms with Crippen LogP contribution >= 0.6 is 0 Å². The highest BCUT2D eigenvalue weighted by molar-refractivity contribution is 5.30. The molecule has 21 heavy (non-hydrogen) atoms. The second-order valence-electron chi connectivity index (χ2n) is 5.32. The van der Waals surface area contributed by atoms with E-state index in [4.69, 9.17) is 4.74 Å². The fourth-order valence-electron chi connectivity index (χ4n) is 2.40. The van der Waals surface area contributed by atoms with Crippen molar-refractivity contribution in [1.82, 2.24) is 5.32 Å². The van der Waals surface area contributed by atoms with Gasteiger partial charge in [0.05, 0.1) is 18.8 Å². The third kappa shape index (κ3) is 3.91. The lowest BCUT2D eigenvalue weighted by Gasteiger charge is -2.30. The molecule has 0 aliphatic carbocycles. The van der Waals surface area contributed by atoms with Crippen LogP contribution in [0, 0.1) is 5.82 Å². The lowest BCUT2D eigenvalue weighted by molar-refractivity contribution is -0.140. The largest absolute Gasteiger partial charge is 0.419 e. The highest BCUT2D eigenvalue weighted by Gasteiger charge is 2.36. The van der Waals surface area contributed by atoms with Gasteiger partial charge in [-0.05, 0) is 24.6 Å². The smallest absolute Gasteiger partial charge is 0.379 e. The molecule has 2 unspecified atom stereocenters. The van der Waals surface area contributed by atoms with Crippen molar-refractivity contribution < 1.29 is 26.7 Å². The first-order chi connectivity index (χ1) is 9.70. The van der Waals surface area contributed by atoms with Gasteiger partial charge in [0.1, 0.15) is 11.5 Å². The molecule has 1 aliphatic rings. The quantitative estimate of drug-likeness (QED) is 0.864. The summed E-state index contributed by atoms with van der Waals surface area (Å²) in [6.07, 6.45) is -4.79. The summed E-state index contributed by atoms with van der Waals surface area (Å²) < 4.78 is 70.9. The lowest BCUT2D eigenvalue weighted by Crippen LogP contribution is -2.44.